The van der Waals surface area contributed by atoms with Gasteiger partial charge in [-0.25, -0.2) is 0 Å². The van der Waals surface area contributed by atoms with Gasteiger partial charge in [-0.3, -0.25) is 14.5 Å². The van der Waals surface area contributed by atoms with E-state index in [2.05, 4.69) is 12.2 Å². The summed E-state index contributed by atoms with van der Waals surface area (Å²) in [7, 11) is 0. The fourth-order valence-electron chi connectivity index (χ4n) is 2.28. The van der Waals surface area contributed by atoms with E-state index in [4.69, 9.17) is 0 Å². The Hall–Kier alpha value is -0.900. The minimum atomic E-state index is 0.0385. The first kappa shape index (κ1) is 10.6. The molecule has 1 saturated carbocycles. The highest BCUT2D eigenvalue weighted by molar-refractivity contribution is 6.08. The predicted molar refractivity (Wildman–Crippen MR) is 56.1 cm³/mol. The topological polar surface area (TPSA) is 49.4 Å². The molecule has 0 radical (unpaired) electrons. The number of amides is 2. The number of likely N-dealkylation sites (tertiary alicyclic amines) is 1. The summed E-state index contributed by atoms with van der Waals surface area (Å²) in [5.41, 5.74) is 0. The van der Waals surface area contributed by atoms with Crippen LogP contribution in [0.5, 0.6) is 0 Å². The molecule has 1 saturated heterocycles. The summed E-state index contributed by atoms with van der Waals surface area (Å²) in [6.45, 7) is 5.53. The second kappa shape index (κ2) is 3.93. The second-order valence-corrected chi connectivity index (χ2v) is 4.40. The van der Waals surface area contributed by atoms with Crippen molar-refractivity contribution in [1.29, 1.82) is 0 Å². The van der Waals surface area contributed by atoms with Crippen molar-refractivity contribution in [2.45, 2.75) is 32.7 Å². The number of nitrogens with one attached hydrogen (secondary N) is 1. The third kappa shape index (κ3) is 1.78. The van der Waals surface area contributed by atoms with Crippen LogP contribution in [0.3, 0.4) is 0 Å². The van der Waals surface area contributed by atoms with Crippen LogP contribution in [-0.4, -0.2) is 35.8 Å². The SMILES string of the molecule is CCNC(CC)CN1C(=O)C2CC2C1=O. The van der Waals surface area contributed by atoms with Gasteiger partial charge in [0, 0.05) is 12.6 Å². The van der Waals surface area contributed by atoms with E-state index in [-0.39, 0.29) is 29.7 Å². The molecule has 3 unspecified atom stereocenters. The maximum absolute atomic E-state index is 11.7. The Morgan fingerprint density at radius 3 is 2.40 bits per heavy atom. The van der Waals surface area contributed by atoms with Gasteiger partial charge in [0.15, 0.2) is 0 Å². The highest BCUT2D eigenvalue weighted by Crippen LogP contribution is 2.46. The monoisotopic (exact) mass is 210 g/mol. The largest absolute Gasteiger partial charge is 0.312 e. The van der Waals surface area contributed by atoms with Crippen LogP contribution < -0.4 is 5.32 Å². The number of hydrogen-bond acceptors (Lipinski definition) is 3. The zero-order valence-electron chi connectivity index (χ0n) is 9.32. The van der Waals surface area contributed by atoms with Gasteiger partial charge < -0.3 is 5.32 Å². The van der Waals surface area contributed by atoms with E-state index in [1.54, 1.807) is 0 Å². The first-order chi connectivity index (χ1) is 7.19. The Bertz CT molecular complexity index is 270. The Labute approximate surface area is 90.0 Å². The molecule has 2 amide bonds. The molecule has 0 spiro atoms. The maximum atomic E-state index is 11.7. The van der Waals surface area contributed by atoms with Crippen LogP contribution in [0.2, 0.25) is 0 Å². The minimum Gasteiger partial charge on any atom is -0.312 e. The summed E-state index contributed by atoms with van der Waals surface area (Å²) >= 11 is 0. The van der Waals surface area contributed by atoms with Crippen molar-refractivity contribution in [3.05, 3.63) is 0 Å². The van der Waals surface area contributed by atoms with E-state index in [0.717, 1.165) is 19.4 Å². The summed E-state index contributed by atoms with van der Waals surface area (Å²) in [5, 5.41) is 3.28. The molecule has 4 nitrogen and oxygen atoms in total. The van der Waals surface area contributed by atoms with E-state index < -0.39 is 0 Å². The van der Waals surface area contributed by atoms with Crippen molar-refractivity contribution >= 4 is 11.8 Å². The Morgan fingerprint density at radius 1 is 1.33 bits per heavy atom. The highest BCUT2D eigenvalue weighted by Gasteiger charge is 2.58. The van der Waals surface area contributed by atoms with E-state index in [1.165, 1.54) is 4.90 Å². The molecule has 4 heteroatoms. The number of likely N-dealkylation sites (N-methyl/N-ethyl adjacent to an activating group) is 1. The van der Waals surface area contributed by atoms with E-state index in [0.29, 0.717) is 6.54 Å². The Kier molecular flexibility index (Phi) is 2.78. The summed E-state index contributed by atoms with van der Waals surface area (Å²) in [5.74, 6) is 0.191. The van der Waals surface area contributed by atoms with Gasteiger partial charge in [-0.1, -0.05) is 13.8 Å². The molecule has 2 fully saturated rings. The molecule has 0 aromatic heterocycles. The molecule has 0 bridgehead atoms. The van der Waals surface area contributed by atoms with E-state index >= 15 is 0 Å². The molecule has 1 heterocycles. The number of rotatable bonds is 5. The molecule has 1 aliphatic carbocycles. The molecule has 84 valence electrons. The summed E-state index contributed by atoms with van der Waals surface area (Å²) in [6, 6.07) is 0.250. The second-order valence-electron chi connectivity index (χ2n) is 4.40. The maximum Gasteiger partial charge on any atom is 0.233 e. The minimum absolute atomic E-state index is 0.0385. The van der Waals surface area contributed by atoms with Gasteiger partial charge in [0.2, 0.25) is 11.8 Å². The number of carbonyl (C=O) groups excluding carboxylic acids is 2. The van der Waals surface area contributed by atoms with Crippen LogP contribution in [0.1, 0.15) is 26.7 Å². The van der Waals surface area contributed by atoms with Gasteiger partial charge in [0.05, 0.1) is 11.8 Å². The Morgan fingerprint density at radius 2 is 1.93 bits per heavy atom. The standard InChI is InChI=1S/C11H18N2O2/c1-3-7(12-4-2)6-13-10(14)8-5-9(8)11(13)15/h7-9,12H,3-6H2,1-2H3. The van der Waals surface area contributed by atoms with E-state index in [9.17, 15) is 9.59 Å². The van der Waals surface area contributed by atoms with Crippen molar-refractivity contribution in [1.82, 2.24) is 10.2 Å². The third-order valence-corrected chi connectivity index (χ3v) is 3.35. The smallest absolute Gasteiger partial charge is 0.233 e. The number of fused-ring (bicyclic) bond motifs is 1. The molecular weight excluding hydrogens is 192 g/mol. The van der Waals surface area contributed by atoms with Crippen LogP contribution in [0, 0.1) is 11.8 Å². The molecule has 0 aromatic rings. The lowest BCUT2D eigenvalue weighted by Crippen LogP contribution is -2.44. The molecular formula is C11H18N2O2. The van der Waals surface area contributed by atoms with Crippen LogP contribution >= 0.6 is 0 Å². The van der Waals surface area contributed by atoms with Gasteiger partial charge in [0.1, 0.15) is 0 Å². The summed E-state index contributed by atoms with van der Waals surface area (Å²) < 4.78 is 0. The van der Waals surface area contributed by atoms with Crippen LogP contribution in [0.4, 0.5) is 0 Å². The van der Waals surface area contributed by atoms with Gasteiger partial charge in [-0.05, 0) is 19.4 Å². The molecule has 15 heavy (non-hydrogen) atoms. The lowest BCUT2D eigenvalue weighted by Gasteiger charge is -2.23. The summed E-state index contributed by atoms with van der Waals surface area (Å²) in [4.78, 5) is 24.8. The molecule has 2 aliphatic rings. The number of piperidine rings is 1. The quantitative estimate of drug-likeness (QED) is 0.667. The van der Waals surface area contributed by atoms with Gasteiger partial charge in [-0.2, -0.15) is 0 Å². The predicted octanol–water partition coefficient (Wildman–Crippen LogP) is 0.379. The molecule has 3 atom stereocenters. The number of imide groups is 1. The Balaban J connectivity index is 1.93. The van der Waals surface area contributed by atoms with Crippen LogP contribution in [0.25, 0.3) is 0 Å². The molecule has 1 aliphatic heterocycles. The highest BCUT2D eigenvalue weighted by atomic mass is 16.2. The zero-order chi connectivity index (χ0) is 11.0. The van der Waals surface area contributed by atoms with Crippen molar-refractivity contribution in [3.63, 3.8) is 0 Å². The van der Waals surface area contributed by atoms with Crippen LogP contribution in [0.15, 0.2) is 0 Å². The average Bonchev–Trinajstić information content (AvgIpc) is 2.97. The lowest BCUT2D eigenvalue weighted by molar-refractivity contribution is -0.141. The number of hydrogen-bond donors (Lipinski definition) is 1. The summed E-state index contributed by atoms with van der Waals surface area (Å²) in [6.07, 6.45) is 1.74. The third-order valence-electron chi connectivity index (χ3n) is 3.35. The molecule has 2 rings (SSSR count). The van der Waals surface area contributed by atoms with Crippen molar-refractivity contribution in [2.24, 2.45) is 11.8 Å². The number of nitrogens with zero attached hydrogens (tertiary/aromatic N) is 1. The lowest BCUT2D eigenvalue weighted by atomic mass is 10.2. The van der Waals surface area contributed by atoms with Crippen molar-refractivity contribution < 1.29 is 9.59 Å². The number of carbonyl (C=O) groups is 2. The molecule has 1 N–H and O–H groups in total. The molecule has 0 aromatic carbocycles. The van der Waals surface area contributed by atoms with Crippen molar-refractivity contribution in [3.8, 4) is 0 Å². The normalized spacial score (nSPS) is 30.7. The van der Waals surface area contributed by atoms with Gasteiger partial charge in [0.25, 0.3) is 0 Å². The van der Waals surface area contributed by atoms with Gasteiger partial charge >= 0.3 is 0 Å². The van der Waals surface area contributed by atoms with Gasteiger partial charge in [-0.15, -0.1) is 0 Å². The van der Waals surface area contributed by atoms with E-state index in [1.807, 2.05) is 6.92 Å². The zero-order valence-corrected chi connectivity index (χ0v) is 9.32. The fraction of sp³-hybridized carbons (Fsp3) is 0.818. The first-order valence-electron chi connectivity index (χ1n) is 5.77. The van der Waals surface area contributed by atoms with Crippen LogP contribution in [-0.2, 0) is 9.59 Å². The van der Waals surface area contributed by atoms with Crippen molar-refractivity contribution in [2.75, 3.05) is 13.1 Å². The fourth-order valence-corrected chi connectivity index (χ4v) is 2.28. The average molecular weight is 210 g/mol. The first-order valence-corrected chi connectivity index (χ1v) is 5.77.